The highest BCUT2D eigenvalue weighted by atomic mass is 16.5. The highest BCUT2D eigenvalue weighted by Crippen LogP contribution is 2.20. The van der Waals surface area contributed by atoms with Gasteiger partial charge in [-0.1, -0.05) is 12.1 Å². The molecule has 0 radical (unpaired) electrons. The van der Waals surface area contributed by atoms with Crippen LogP contribution >= 0.6 is 0 Å². The van der Waals surface area contributed by atoms with E-state index in [1.165, 1.54) is 5.69 Å². The highest BCUT2D eigenvalue weighted by molar-refractivity contribution is 5.94. The molecule has 1 unspecified atom stereocenters. The number of benzene rings is 1. The number of ether oxygens (including phenoxy) is 1. The van der Waals surface area contributed by atoms with E-state index in [9.17, 15) is 4.79 Å². The number of pyridine rings is 1. The SMILES string of the molecule is CC(NC(=O)c1ccnc(-n2ccnc2)c1)c1ccc(N2CCOCC2)cc1. The average Bonchev–Trinajstić information content (AvgIpc) is 3.29. The van der Waals surface area contributed by atoms with Crippen molar-refractivity contribution in [3.05, 3.63) is 72.4 Å². The van der Waals surface area contributed by atoms with E-state index in [0.717, 1.165) is 31.9 Å². The van der Waals surface area contributed by atoms with Gasteiger partial charge in [0.2, 0.25) is 0 Å². The summed E-state index contributed by atoms with van der Waals surface area (Å²) in [5, 5.41) is 3.06. The summed E-state index contributed by atoms with van der Waals surface area (Å²) in [4.78, 5) is 23.3. The number of amides is 1. The first kappa shape index (κ1) is 18.2. The first-order valence-corrected chi connectivity index (χ1v) is 9.38. The number of aromatic nitrogens is 3. The van der Waals surface area contributed by atoms with Crippen LogP contribution in [-0.2, 0) is 4.74 Å². The molecule has 1 aliphatic rings. The second kappa shape index (κ2) is 8.22. The second-order valence-corrected chi connectivity index (χ2v) is 6.76. The maximum Gasteiger partial charge on any atom is 0.251 e. The Labute approximate surface area is 164 Å². The molecule has 1 fully saturated rings. The number of rotatable bonds is 5. The quantitative estimate of drug-likeness (QED) is 0.740. The maximum absolute atomic E-state index is 12.7. The predicted molar refractivity (Wildman–Crippen MR) is 107 cm³/mol. The fourth-order valence-electron chi connectivity index (χ4n) is 3.25. The van der Waals surface area contributed by atoms with Crippen LogP contribution in [0.1, 0.15) is 28.9 Å². The lowest BCUT2D eigenvalue weighted by molar-refractivity contribution is 0.0939. The van der Waals surface area contributed by atoms with Gasteiger partial charge in [-0.25, -0.2) is 9.97 Å². The third-order valence-electron chi connectivity index (χ3n) is 4.89. The molecule has 2 aromatic heterocycles. The molecule has 1 N–H and O–H groups in total. The van der Waals surface area contributed by atoms with Crippen molar-refractivity contribution in [3.63, 3.8) is 0 Å². The number of anilines is 1. The lowest BCUT2D eigenvalue weighted by Crippen LogP contribution is -2.36. The maximum atomic E-state index is 12.7. The van der Waals surface area contributed by atoms with Crippen molar-refractivity contribution in [2.24, 2.45) is 0 Å². The number of hydrogen-bond acceptors (Lipinski definition) is 5. The minimum Gasteiger partial charge on any atom is -0.378 e. The van der Waals surface area contributed by atoms with Crippen LogP contribution in [0.3, 0.4) is 0 Å². The van der Waals surface area contributed by atoms with Crippen molar-refractivity contribution in [2.45, 2.75) is 13.0 Å². The number of carbonyl (C=O) groups excluding carboxylic acids is 1. The first-order valence-electron chi connectivity index (χ1n) is 9.38. The summed E-state index contributed by atoms with van der Waals surface area (Å²) in [5.74, 6) is 0.529. The molecule has 144 valence electrons. The van der Waals surface area contributed by atoms with Gasteiger partial charge >= 0.3 is 0 Å². The van der Waals surface area contributed by atoms with Gasteiger partial charge in [0.05, 0.1) is 19.3 Å². The van der Waals surface area contributed by atoms with Crippen molar-refractivity contribution in [1.82, 2.24) is 19.9 Å². The predicted octanol–water partition coefficient (Wildman–Crippen LogP) is 2.59. The summed E-state index contributed by atoms with van der Waals surface area (Å²) in [6, 6.07) is 11.7. The zero-order valence-electron chi connectivity index (χ0n) is 15.8. The molecule has 1 aliphatic heterocycles. The van der Waals surface area contributed by atoms with Crippen molar-refractivity contribution in [3.8, 4) is 5.82 Å². The number of imidazole rings is 1. The largest absolute Gasteiger partial charge is 0.378 e. The van der Waals surface area contributed by atoms with Gasteiger partial charge in [0.1, 0.15) is 12.1 Å². The lowest BCUT2D eigenvalue weighted by Gasteiger charge is -2.29. The van der Waals surface area contributed by atoms with Crippen molar-refractivity contribution in [1.29, 1.82) is 0 Å². The Morgan fingerprint density at radius 3 is 2.64 bits per heavy atom. The molecule has 7 heteroatoms. The fraction of sp³-hybridized carbons (Fsp3) is 0.286. The Morgan fingerprint density at radius 2 is 1.93 bits per heavy atom. The first-order chi connectivity index (χ1) is 13.7. The molecule has 1 aromatic carbocycles. The number of carbonyl (C=O) groups is 1. The van der Waals surface area contributed by atoms with Crippen LogP contribution < -0.4 is 10.2 Å². The minimum absolute atomic E-state index is 0.101. The van der Waals surface area contributed by atoms with Gasteiger partial charge in [0.25, 0.3) is 5.91 Å². The molecule has 0 bridgehead atoms. The van der Waals surface area contributed by atoms with E-state index in [1.54, 1.807) is 41.6 Å². The second-order valence-electron chi connectivity index (χ2n) is 6.76. The van der Waals surface area contributed by atoms with E-state index in [4.69, 9.17) is 4.74 Å². The topological polar surface area (TPSA) is 72.3 Å². The van der Waals surface area contributed by atoms with Crippen molar-refractivity contribution >= 4 is 11.6 Å². The molecule has 1 saturated heterocycles. The molecule has 4 rings (SSSR count). The van der Waals surface area contributed by atoms with Gasteiger partial charge < -0.3 is 15.0 Å². The summed E-state index contributed by atoms with van der Waals surface area (Å²) in [6.07, 6.45) is 6.76. The number of morpholine rings is 1. The van der Waals surface area contributed by atoms with Crippen LogP contribution in [0.25, 0.3) is 5.82 Å². The fourth-order valence-corrected chi connectivity index (χ4v) is 3.25. The molecule has 0 spiro atoms. The Hall–Kier alpha value is -3.19. The monoisotopic (exact) mass is 377 g/mol. The Bertz CT molecular complexity index is 918. The normalized spacial score (nSPS) is 15.2. The molecule has 0 saturated carbocycles. The lowest BCUT2D eigenvalue weighted by atomic mass is 10.1. The summed E-state index contributed by atoms with van der Waals surface area (Å²) in [5.41, 5.74) is 2.81. The highest BCUT2D eigenvalue weighted by Gasteiger charge is 2.14. The molecule has 28 heavy (non-hydrogen) atoms. The molecule has 0 aliphatic carbocycles. The van der Waals surface area contributed by atoms with E-state index in [2.05, 4.69) is 44.5 Å². The van der Waals surface area contributed by atoms with Crippen molar-refractivity contribution < 1.29 is 9.53 Å². The Morgan fingerprint density at radius 1 is 1.14 bits per heavy atom. The third kappa shape index (κ3) is 4.04. The van der Waals surface area contributed by atoms with Crippen LogP contribution in [0.4, 0.5) is 5.69 Å². The average molecular weight is 377 g/mol. The molecular formula is C21H23N5O2. The van der Waals surface area contributed by atoms with E-state index < -0.39 is 0 Å². The van der Waals surface area contributed by atoms with Gasteiger partial charge in [-0.05, 0) is 36.8 Å². The van der Waals surface area contributed by atoms with Gasteiger partial charge in [-0.3, -0.25) is 9.36 Å². The summed E-state index contributed by atoms with van der Waals surface area (Å²) < 4.78 is 7.17. The van der Waals surface area contributed by atoms with Crippen LogP contribution in [0.2, 0.25) is 0 Å². The molecule has 3 heterocycles. The van der Waals surface area contributed by atoms with E-state index in [0.29, 0.717) is 11.4 Å². The standard InChI is InChI=1S/C21H23N5O2/c1-16(17-2-4-19(5-3-17)25-10-12-28-13-11-25)24-21(27)18-6-7-23-20(14-18)26-9-8-22-15-26/h2-9,14-16H,10-13H2,1H3,(H,24,27). The zero-order chi connectivity index (χ0) is 19.3. The molecule has 7 nitrogen and oxygen atoms in total. The molecule has 1 amide bonds. The van der Waals surface area contributed by atoms with E-state index in [1.807, 2.05) is 6.92 Å². The summed E-state index contributed by atoms with van der Waals surface area (Å²) in [6.45, 7) is 5.34. The van der Waals surface area contributed by atoms with Crippen LogP contribution in [0, 0.1) is 0 Å². The van der Waals surface area contributed by atoms with Gasteiger partial charge in [0, 0.05) is 42.9 Å². The Kier molecular flexibility index (Phi) is 5.34. The summed E-state index contributed by atoms with van der Waals surface area (Å²) >= 11 is 0. The number of nitrogens with zero attached hydrogens (tertiary/aromatic N) is 4. The number of nitrogens with one attached hydrogen (secondary N) is 1. The van der Waals surface area contributed by atoms with Crippen LogP contribution in [0.5, 0.6) is 0 Å². The number of hydrogen-bond donors (Lipinski definition) is 1. The van der Waals surface area contributed by atoms with Gasteiger partial charge in [-0.15, -0.1) is 0 Å². The summed E-state index contributed by atoms with van der Waals surface area (Å²) in [7, 11) is 0. The van der Waals surface area contributed by atoms with Crippen LogP contribution in [-0.4, -0.2) is 46.7 Å². The minimum atomic E-state index is -0.131. The molecular weight excluding hydrogens is 354 g/mol. The van der Waals surface area contributed by atoms with Gasteiger partial charge in [-0.2, -0.15) is 0 Å². The van der Waals surface area contributed by atoms with Crippen molar-refractivity contribution in [2.75, 3.05) is 31.2 Å². The van der Waals surface area contributed by atoms with E-state index >= 15 is 0 Å². The van der Waals surface area contributed by atoms with Gasteiger partial charge in [0.15, 0.2) is 0 Å². The Balaban J connectivity index is 1.42. The zero-order valence-corrected chi connectivity index (χ0v) is 15.8. The third-order valence-corrected chi connectivity index (χ3v) is 4.89. The smallest absolute Gasteiger partial charge is 0.251 e. The van der Waals surface area contributed by atoms with Crippen LogP contribution in [0.15, 0.2) is 61.3 Å². The molecule has 1 atom stereocenters. The molecule has 3 aromatic rings. The van der Waals surface area contributed by atoms with E-state index in [-0.39, 0.29) is 11.9 Å².